The van der Waals surface area contributed by atoms with Gasteiger partial charge >= 0.3 is 0 Å². The third kappa shape index (κ3) is 4.50. The van der Waals surface area contributed by atoms with Gasteiger partial charge in [-0.3, -0.25) is 4.79 Å². The maximum Gasteiger partial charge on any atom is 0.216 e. The van der Waals surface area contributed by atoms with E-state index in [1.54, 1.807) is 0 Å². The first-order valence-electron chi connectivity index (χ1n) is 5.09. The average molecular weight is 280 g/mol. The Labute approximate surface area is 105 Å². The highest BCUT2D eigenvalue weighted by Crippen LogP contribution is 2.16. The van der Waals surface area contributed by atoms with Gasteiger partial charge in [0.25, 0.3) is 0 Å². The molecule has 0 spiro atoms. The lowest BCUT2D eigenvalue weighted by Gasteiger charge is -1.97. The number of benzene rings is 1. The topological polar surface area (TPSA) is 29.1 Å². The van der Waals surface area contributed by atoms with Crippen LogP contribution in [-0.4, -0.2) is 12.5 Å². The Morgan fingerprint density at radius 1 is 1.50 bits per heavy atom. The van der Waals surface area contributed by atoms with E-state index in [1.165, 1.54) is 12.5 Å². The fraction of sp³-hybridized carbons (Fsp3) is 0.308. The molecular weight excluding hydrogens is 266 g/mol. The molecule has 0 heterocycles. The quantitative estimate of drug-likeness (QED) is 0.655. The lowest BCUT2D eigenvalue weighted by molar-refractivity contribution is -0.118. The molecule has 1 amide bonds. The third-order valence-corrected chi connectivity index (χ3v) is 2.90. The highest BCUT2D eigenvalue weighted by Gasteiger charge is 1.93. The number of halogens is 1. The Bertz CT molecular complexity index is 443. The van der Waals surface area contributed by atoms with Crippen molar-refractivity contribution in [3.8, 4) is 11.8 Å². The van der Waals surface area contributed by atoms with Crippen molar-refractivity contribution in [1.29, 1.82) is 0 Å². The molecule has 0 radical (unpaired) electrons. The Morgan fingerprint density at radius 2 is 2.25 bits per heavy atom. The SMILES string of the molecule is CC(=O)NCCC#Cc1ccc(Br)c(C)c1. The predicted molar refractivity (Wildman–Crippen MR) is 69.1 cm³/mol. The van der Waals surface area contributed by atoms with Gasteiger partial charge < -0.3 is 5.32 Å². The molecule has 0 fully saturated rings. The molecule has 0 saturated carbocycles. The molecule has 0 aliphatic carbocycles. The van der Waals surface area contributed by atoms with Crippen LogP contribution in [0.2, 0.25) is 0 Å². The van der Waals surface area contributed by atoms with Crippen LogP contribution in [0.3, 0.4) is 0 Å². The Kier molecular flexibility index (Phi) is 5.07. The largest absolute Gasteiger partial charge is 0.355 e. The van der Waals surface area contributed by atoms with Crippen LogP contribution in [0.4, 0.5) is 0 Å². The van der Waals surface area contributed by atoms with E-state index in [2.05, 4.69) is 33.1 Å². The number of amides is 1. The molecule has 0 aliphatic rings. The lowest BCUT2D eigenvalue weighted by Crippen LogP contribution is -2.20. The first kappa shape index (κ1) is 12.8. The molecule has 0 aromatic heterocycles. The number of nitrogens with one attached hydrogen (secondary N) is 1. The summed E-state index contributed by atoms with van der Waals surface area (Å²) in [4.78, 5) is 10.6. The first-order chi connectivity index (χ1) is 7.59. The second kappa shape index (κ2) is 6.34. The van der Waals surface area contributed by atoms with E-state index >= 15 is 0 Å². The van der Waals surface area contributed by atoms with Crippen molar-refractivity contribution in [2.75, 3.05) is 6.54 Å². The van der Waals surface area contributed by atoms with E-state index in [-0.39, 0.29) is 5.91 Å². The van der Waals surface area contributed by atoms with Crippen molar-refractivity contribution in [3.05, 3.63) is 33.8 Å². The minimum absolute atomic E-state index is 0.0127. The van der Waals surface area contributed by atoms with E-state index in [0.717, 1.165) is 10.0 Å². The number of rotatable bonds is 2. The lowest BCUT2D eigenvalue weighted by atomic mass is 10.1. The summed E-state index contributed by atoms with van der Waals surface area (Å²) in [7, 11) is 0. The molecule has 16 heavy (non-hydrogen) atoms. The van der Waals surface area contributed by atoms with Gasteiger partial charge in [0.05, 0.1) is 0 Å². The summed E-state index contributed by atoms with van der Waals surface area (Å²) in [6.45, 7) is 4.15. The molecule has 0 saturated heterocycles. The van der Waals surface area contributed by atoms with Crippen LogP contribution in [0.25, 0.3) is 0 Å². The highest BCUT2D eigenvalue weighted by molar-refractivity contribution is 9.10. The van der Waals surface area contributed by atoms with E-state index < -0.39 is 0 Å². The van der Waals surface area contributed by atoms with Gasteiger partial charge in [-0.25, -0.2) is 0 Å². The van der Waals surface area contributed by atoms with E-state index in [4.69, 9.17) is 0 Å². The minimum atomic E-state index is -0.0127. The Hall–Kier alpha value is -1.27. The maximum atomic E-state index is 10.6. The van der Waals surface area contributed by atoms with Gasteiger partial charge in [-0.1, -0.05) is 27.8 Å². The van der Waals surface area contributed by atoms with Gasteiger partial charge in [-0.15, -0.1) is 0 Å². The maximum absolute atomic E-state index is 10.6. The molecule has 84 valence electrons. The molecule has 0 bridgehead atoms. The van der Waals surface area contributed by atoms with Crippen LogP contribution in [0.15, 0.2) is 22.7 Å². The van der Waals surface area contributed by atoms with Crippen LogP contribution in [0, 0.1) is 18.8 Å². The van der Waals surface area contributed by atoms with Crippen molar-refractivity contribution >= 4 is 21.8 Å². The Morgan fingerprint density at radius 3 is 2.88 bits per heavy atom. The molecular formula is C13H14BrNO. The standard InChI is InChI=1S/C13H14BrNO/c1-10-9-12(6-7-13(10)14)5-3-4-8-15-11(2)16/h6-7,9H,4,8H2,1-2H3,(H,15,16). The zero-order chi connectivity index (χ0) is 12.0. The zero-order valence-electron chi connectivity index (χ0n) is 9.43. The first-order valence-corrected chi connectivity index (χ1v) is 5.88. The van der Waals surface area contributed by atoms with Crippen molar-refractivity contribution in [1.82, 2.24) is 5.32 Å². The molecule has 1 rings (SSSR count). The average Bonchev–Trinajstić information content (AvgIpc) is 2.22. The number of carbonyl (C=O) groups excluding carboxylic acids is 1. The molecule has 1 aromatic carbocycles. The van der Waals surface area contributed by atoms with Gasteiger partial charge in [0.2, 0.25) is 5.91 Å². The smallest absolute Gasteiger partial charge is 0.216 e. The number of aryl methyl sites for hydroxylation is 1. The van der Waals surface area contributed by atoms with Crippen molar-refractivity contribution < 1.29 is 4.79 Å². The van der Waals surface area contributed by atoms with E-state index in [1.807, 2.05) is 25.1 Å². The summed E-state index contributed by atoms with van der Waals surface area (Å²) in [6, 6.07) is 6.01. The van der Waals surface area contributed by atoms with Gasteiger partial charge in [0.15, 0.2) is 0 Å². The highest BCUT2D eigenvalue weighted by atomic mass is 79.9. The van der Waals surface area contributed by atoms with Crippen LogP contribution in [0.1, 0.15) is 24.5 Å². The third-order valence-electron chi connectivity index (χ3n) is 2.01. The monoisotopic (exact) mass is 279 g/mol. The predicted octanol–water partition coefficient (Wildman–Crippen LogP) is 2.64. The second-order valence-electron chi connectivity index (χ2n) is 3.50. The Balaban J connectivity index is 2.50. The van der Waals surface area contributed by atoms with Crippen LogP contribution in [-0.2, 0) is 4.79 Å². The number of hydrogen-bond donors (Lipinski definition) is 1. The summed E-state index contributed by atoms with van der Waals surface area (Å²) >= 11 is 3.44. The van der Waals surface area contributed by atoms with Gasteiger partial charge in [0.1, 0.15) is 0 Å². The molecule has 0 atom stereocenters. The van der Waals surface area contributed by atoms with Gasteiger partial charge in [-0.05, 0) is 30.7 Å². The normalized spacial score (nSPS) is 9.19. The summed E-state index contributed by atoms with van der Waals surface area (Å²) in [6.07, 6.45) is 0.675. The molecule has 0 unspecified atom stereocenters. The molecule has 1 aromatic rings. The molecule has 1 N–H and O–H groups in total. The van der Waals surface area contributed by atoms with Gasteiger partial charge in [0, 0.05) is 29.9 Å². The van der Waals surface area contributed by atoms with Crippen molar-refractivity contribution in [2.45, 2.75) is 20.3 Å². The zero-order valence-corrected chi connectivity index (χ0v) is 11.0. The minimum Gasteiger partial charge on any atom is -0.355 e. The van der Waals surface area contributed by atoms with Gasteiger partial charge in [-0.2, -0.15) is 0 Å². The summed E-state index contributed by atoms with van der Waals surface area (Å²) in [5.41, 5.74) is 2.18. The van der Waals surface area contributed by atoms with E-state index in [9.17, 15) is 4.79 Å². The fourth-order valence-corrected chi connectivity index (χ4v) is 1.43. The van der Waals surface area contributed by atoms with Crippen LogP contribution < -0.4 is 5.32 Å². The van der Waals surface area contributed by atoms with E-state index in [0.29, 0.717) is 13.0 Å². The number of hydrogen-bond acceptors (Lipinski definition) is 1. The summed E-state index contributed by atoms with van der Waals surface area (Å²) < 4.78 is 1.09. The summed E-state index contributed by atoms with van der Waals surface area (Å²) in [5.74, 6) is 6.08. The van der Waals surface area contributed by atoms with Crippen LogP contribution in [0.5, 0.6) is 0 Å². The summed E-state index contributed by atoms with van der Waals surface area (Å²) in [5, 5.41) is 2.70. The molecule has 0 aliphatic heterocycles. The second-order valence-corrected chi connectivity index (χ2v) is 4.35. The van der Waals surface area contributed by atoms with Crippen molar-refractivity contribution in [2.24, 2.45) is 0 Å². The van der Waals surface area contributed by atoms with Crippen molar-refractivity contribution in [3.63, 3.8) is 0 Å². The molecule has 3 heteroatoms. The van der Waals surface area contributed by atoms with Crippen LogP contribution >= 0.6 is 15.9 Å². The molecule has 2 nitrogen and oxygen atoms in total. The fourth-order valence-electron chi connectivity index (χ4n) is 1.19. The number of carbonyl (C=O) groups is 1.